The van der Waals surface area contributed by atoms with E-state index in [4.69, 9.17) is 9.84 Å². The average molecular weight is 252 g/mol. The van der Waals surface area contributed by atoms with Crippen LogP contribution in [0.3, 0.4) is 0 Å². The Hall–Kier alpha value is -1.17. The number of aliphatic hydroxyl groups is 1. The predicted molar refractivity (Wildman–Crippen MR) is 68.6 cm³/mol. The van der Waals surface area contributed by atoms with E-state index in [2.05, 4.69) is 10.3 Å². The first-order valence-electron chi connectivity index (χ1n) is 6.45. The Morgan fingerprint density at radius 3 is 3.17 bits per heavy atom. The van der Waals surface area contributed by atoms with E-state index in [9.17, 15) is 4.79 Å². The number of hydrogen-bond acceptors (Lipinski definition) is 4. The molecule has 0 amide bonds. The summed E-state index contributed by atoms with van der Waals surface area (Å²) in [5, 5.41) is 12.0. The second-order valence-electron chi connectivity index (χ2n) is 4.49. The van der Waals surface area contributed by atoms with Gasteiger partial charge in [-0.3, -0.25) is 4.79 Å². The van der Waals surface area contributed by atoms with Crippen molar-refractivity contribution in [3.63, 3.8) is 0 Å². The second-order valence-corrected chi connectivity index (χ2v) is 4.49. The molecule has 1 atom stereocenters. The van der Waals surface area contributed by atoms with Crippen molar-refractivity contribution < 1.29 is 9.84 Å². The molecule has 0 radical (unpaired) electrons. The fraction of sp³-hybridized carbons (Fsp3) is 0.615. The fourth-order valence-electron chi connectivity index (χ4n) is 2.38. The number of pyridine rings is 1. The molecule has 0 bridgehead atoms. The molecule has 1 aromatic rings. The van der Waals surface area contributed by atoms with Crippen molar-refractivity contribution in [2.24, 2.45) is 0 Å². The molecule has 0 spiro atoms. The lowest BCUT2D eigenvalue weighted by Gasteiger charge is -2.26. The van der Waals surface area contributed by atoms with Crippen molar-refractivity contribution in [3.8, 4) is 0 Å². The third kappa shape index (κ3) is 3.41. The van der Waals surface area contributed by atoms with E-state index in [1.807, 2.05) is 6.07 Å². The predicted octanol–water partition coefficient (Wildman–Crippen LogP) is 0.351. The van der Waals surface area contributed by atoms with Crippen LogP contribution in [0.25, 0.3) is 0 Å². The molecule has 1 aromatic heterocycles. The number of aryl methyl sites for hydroxylation is 1. The molecule has 2 rings (SSSR count). The Bertz CT molecular complexity index is 430. The number of aromatic nitrogens is 1. The quantitative estimate of drug-likeness (QED) is 0.639. The number of fused-ring (bicyclic) bond motifs is 1. The number of ether oxygens (including phenoxy) is 1. The maximum Gasteiger partial charge on any atom is 0.248 e. The van der Waals surface area contributed by atoms with Gasteiger partial charge in [-0.25, -0.2) is 0 Å². The number of aliphatic hydroxyl groups excluding tert-OH is 1. The Labute approximate surface area is 106 Å². The summed E-state index contributed by atoms with van der Waals surface area (Å²) >= 11 is 0. The molecule has 0 fully saturated rings. The van der Waals surface area contributed by atoms with Gasteiger partial charge in [-0.1, -0.05) is 6.07 Å². The molecule has 18 heavy (non-hydrogen) atoms. The van der Waals surface area contributed by atoms with Gasteiger partial charge >= 0.3 is 0 Å². The van der Waals surface area contributed by atoms with Gasteiger partial charge in [0.25, 0.3) is 0 Å². The van der Waals surface area contributed by atoms with Crippen molar-refractivity contribution in [2.45, 2.75) is 25.3 Å². The number of rotatable bonds is 6. The van der Waals surface area contributed by atoms with E-state index in [1.165, 1.54) is 5.56 Å². The fourth-order valence-corrected chi connectivity index (χ4v) is 2.38. The van der Waals surface area contributed by atoms with Crippen LogP contribution in [-0.2, 0) is 11.2 Å². The van der Waals surface area contributed by atoms with Crippen LogP contribution in [0.15, 0.2) is 16.9 Å². The molecule has 5 heteroatoms. The molecule has 0 aliphatic heterocycles. The van der Waals surface area contributed by atoms with Crippen molar-refractivity contribution >= 4 is 0 Å². The summed E-state index contributed by atoms with van der Waals surface area (Å²) in [6.45, 7) is 1.79. The minimum Gasteiger partial charge on any atom is -0.394 e. The molecule has 0 saturated carbocycles. The molecule has 1 unspecified atom stereocenters. The van der Waals surface area contributed by atoms with Crippen LogP contribution in [0.4, 0.5) is 0 Å². The number of H-pyrrole nitrogens is 1. The molecule has 0 aromatic carbocycles. The molecule has 3 N–H and O–H groups in total. The molecule has 5 nitrogen and oxygen atoms in total. The number of aromatic amines is 1. The van der Waals surface area contributed by atoms with Crippen LogP contribution >= 0.6 is 0 Å². The summed E-state index contributed by atoms with van der Waals surface area (Å²) in [6.07, 6.45) is 3.12. The van der Waals surface area contributed by atoms with Gasteiger partial charge in [0.05, 0.1) is 19.8 Å². The zero-order valence-corrected chi connectivity index (χ0v) is 10.4. The van der Waals surface area contributed by atoms with E-state index in [0.29, 0.717) is 19.3 Å². The Morgan fingerprint density at radius 1 is 1.44 bits per heavy atom. The van der Waals surface area contributed by atoms with Gasteiger partial charge in [0.2, 0.25) is 5.56 Å². The largest absolute Gasteiger partial charge is 0.394 e. The summed E-state index contributed by atoms with van der Waals surface area (Å²) < 4.78 is 5.21. The first-order valence-corrected chi connectivity index (χ1v) is 6.45. The summed E-state index contributed by atoms with van der Waals surface area (Å²) in [6, 6.07) is 3.80. The van der Waals surface area contributed by atoms with Crippen LogP contribution in [0.5, 0.6) is 0 Å². The van der Waals surface area contributed by atoms with Crippen LogP contribution in [0.2, 0.25) is 0 Å². The van der Waals surface area contributed by atoms with Crippen molar-refractivity contribution in [2.75, 3.05) is 26.4 Å². The van der Waals surface area contributed by atoms with Crippen LogP contribution < -0.4 is 10.9 Å². The van der Waals surface area contributed by atoms with Gasteiger partial charge in [0, 0.05) is 24.3 Å². The highest BCUT2D eigenvalue weighted by atomic mass is 16.5. The first-order chi connectivity index (χ1) is 8.81. The Kier molecular flexibility index (Phi) is 4.92. The van der Waals surface area contributed by atoms with Crippen molar-refractivity contribution in [1.82, 2.24) is 10.3 Å². The van der Waals surface area contributed by atoms with E-state index >= 15 is 0 Å². The van der Waals surface area contributed by atoms with Gasteiger partial charge < -0.3 is 20.1 Å². The highest BCUT2D eigenvalue weighted by Gasteiger charge is 2.19. The molecule has 1 aliphatic carbocycles. The highest BCUT2D eigenvalue weighted by molar-refractivity contribution is 5.26. The second kappa shape index (κ2) is 6.68. The van der Waals surface area contributed by atoms with E-state index in [-0.39, 0.29) is 12.2 Å². The molecule has 0 saturated heterocycles. The van der Waals surface area contributed by atoms with Gasteiger partial charge in [-0.2, -0.15) is 0 Å². The van der Waals surface area contributed by atoms with Crippen molar-refractivity contribution in [1.29, 1.82) is 0 Å². The molecule has 1 heterocycles. The third-order valence-corrected chi connectivity index (χ3v) is 3.20. The van der Waals surface area contributed by atoms with Gasteiger partial charge in [-0.15, -0.1) is 0 Å². The van der Waals surface area contributed by atoms with Crippen LogP contribution in [0, 0.1) is 0 Å². The summed E-state index contributed by atoms with van der Waals surface area (Å²) in [7, 11) is 0. The molecule has 1 aliphatic rings. The maximum atomic E-state index is 11.3. The lowest BCUT2D eigenvalue weighted by molar-refractivity contribution is 0.0922. The normalized spacial score (nSPS) is 18.6. The summed E-state index contributed by atoms with van der Waals surface area (Å²) in [5.74, 6) is 0. The minimum absolute atomic E-state index is 0.0271. The maximum absolute atomic E-state index is 11.3. The van der Waals surface area contributed by atoms with Gasteiger partial charge in [-0.05, 0) is 24.8 Å². The average Bonchev–Trinajstić information content (AvgIpc) is 2.38. The SMILES string of the molecule is O=c1ccc2c([nH]1)CCCC2NCCOCCO. The topological polar surface area (TPSA) is 74.4 Å². The number of nitrogens with one attached hydrogen (secondary N) is 2. The third-order valence-electron chi connectivity index (χ3n) is 3.20. The van der Waals surface area contributed by atoms with Crippen LogP contribution in [0.1, 0.15) is 30.1 Å². The highest BCUT2D eigenvalue weighted by Crippen LogP contribution is 2.27. The molecule has 100 valence electrons. The van der Waals surface area contributed by atoms with Gasteiger partial charge in [0.1, 0.15) is 0 Å². The first kappa shape index (κ1) is 13.3. The number of hydrogen-bond donors (Lipinski definition) is 3. The van der Waals surface area contributed by atoms with E-state index < -0.39 is 0 Å². The monoisotopic (exact) mass is 252 g/mol. The van der Waals surface area contributed by atoms with E-state index in [1.54, 1.807) is 6.07 Å². The summed E-state index contributed by atoms with van der Waals surface area (Å²) in [4.78, 5) is 14.2. The lowest BCUT2D eigenvalue weighted by atomic mass is 9.91. The Balaban J connectivity index is 1.89. The Morgan fingerprint density at radius 2 is 2.33 bits per heavy atom. The minimum atomic E-state index is -0.0271. The summed E-state index contributed by atoms with van der Waals surface area (Å²) in [5.41, 5.74) is 2.23. The van der Waals surface area contributed by atoms with Crippen LogP contribution in [-0.4, -0.2) is 36.5 Å². The van der Waals surface area contributed by atoms with Gasteiger partial charge in [0.15, 0.2) is 0 Å². The molecular formula is C13H20N2O3. The lowest BCUT2D eigenvalue weighted by Crippen LogP contribution is -2.30. The zero-order chi connectivity index (χ0) is 12.8. The smallest absolute Gasteiger partial charge is 0.248 e. The molecular weight excluding hydrogens is 232 g/mol. The van der Waals surface area contributed by atoms with Crippen molar-refractivity contribution in [3.05, 3.63) is 33.7 Å². The zero-order valence-electron chi connectivity index (χ0n) is 10.4. The standard InChI is InChI=1S/C13H20N2O3/c16-7-9-18-8-6-14-11-2-1-3-12-10(11)4-5-13(17)15-12/h4-5,11,14,16H,1-3,6-9H2,(H,15,17). The van der Waals surface area contributed by atoms with E-state index in [0.717, 1.165) is 31.5 Å².